The van der Waals surface area contributed by atoms with E-state index in [0.717, 1.165) is 27.5 Å². The van der Waals surface area contributed by atoms with Crippen LogP contribution in [0.2, 0.25) is 0 Å². The predicted octanol–water partition coefficient (Wildman–Crippen LogP) is 6.03. The number of ether oxygens (including phenoxy) is 2. The summed E-state index contributed by atoms with van der Waals surface area (Å²) in [7, 11) is 1.67. The lowest BCUT2D eigenvalue weighted by Crippen LogP contribution is -2.27. The quantitative estimate of drug-likeness (QED) is 0.446. The van der Waals surface area contributed by atoms with Gasteiger partial charge in [-0.3, -0.25) is 0 Å². The first-order chi connectivity index (χ1) is 13.7. The third kappa shape index (κ3) is 5.64. The summed E-state index contributed by atoms with van der Waals surface area (Å²) in [5.41, 5.74) is 1.89. The van der Waals surface area contributed by atoms with Gasteiger partial charge in [0.1, 0.15) is 5.60 Å². The van der Waals surface area contributed by atoms with Gasteiger partial charge in [0, 0.05) is 23.9 Å². The molecule has 3 rings (SSSR count). The molecular weight excluding hydrogens is 404 g/mol. The summed E-state index contributed by atoms with van der Waals surface area (Å²) < 4.78 is 16.3. The Morgan fingerprint density at radius 1 is 1.14 bits per heavy atom. The van der Waals surface area contributed by atoms with Crippen molar-refractivity contribution in [2.45, 2.75) is 44.6 Å². The highest BCUT2D eigenvalue weighted by molar-refractivity contribution is 8.04. The van der Waals surface area contributed by atoms with Gasteiger partial charge in [0.15, 0.2) is 11.5 Å². The van der Waals surface area contributed by atoms with Gasteiger partial charge in [-0.15, -0.1) is 0 Å². The maximum atomic E-state index is 12.6. The topological polar surface area (TPSA) is 50.8 Å². The van der Waals surface area contributed by atoms with Crippen LogP contribution in [0.5, 0.6) is 11.5 Å². The zero-order valence-electron chi connectivity index (χ0n) is 17.3. The summed E-state index contributed by atoms with van der Waals surface area (Å²) in [5, 5.41) is 0.978. The molecule has 0 saturated carbocycles. The smallest absolute Gasteiger partial charge is 0.426 e. The Labute approximate surface area is 181 Å². The molecule has 0 spiro atoms. The van der Waals surface area contributed by atoms with Crippen LogP contribution in [0.3, 0.4) is 0 Å². The van der Waals surface area contributed by atoms with E-state index >= 15 is 0 Å². The molecular formula is C22H26N2O3S2. The van der Waals surface area contributed by atoms with Crippen LogP contribution < -0.4 is 14.2 Å². The Morgan fingerprint density at radius 3 is 2.55 bits per heavy atom. The van der Waals surface area contributed by atoms with E-state index in [9.17, 15) is 4.79 Å². The molecule has 0 radical (unpaired) electrons. The van der Waals surface area contributed by atoms with E-state index in [0.29, 0.717) is 11.5 Å². The summed E-state index contributed by atoms with van der Waals surface area (Å²) >= 11 is 2.80. The van der Waals surface area contributed by atoms with Crippen LogP contribution in [0.1, 0.15) is 33.3 Å². The molecule has 1 aliphatic heterocycles. The second-order valence-electron chi connectivity index (χ2n) is 7.59. The van der Waals surface area contributed by atoms with Gasteiger partial charge in [0.25, 0.3) is 0 Å². The lowest BCUT2D eigenvalue weighted by molar-refractivity contribution is 0.132. The minimum Gasteiger partial charge on any atom is -0.483 e. The number of allylic oxidation sites excluding steroid dienone is 1. The average molecular weight is 431 g/mol. The third-order valence-electron chi connectivity index (χ3n) is 4.20. The SMILES string of the molecule is CC(C)=C(NSN(C)C(=O)Oc1cccc2c1OC(C)(C)C2)Sc1ccccc1. The number of hydrogen-bond acceptors (Lipinski definition) is 6. The van der Waals surface area contributed by atoms with Crippen molar-refractivity contribution in [2.24, 2.45) is 0 Å². The van der Waals surface area contributed by atoms with Crippen molar-refractivity contribution in [1.29, 1.82) is 0 Å². The normalized spacial score (nSPS) is 13.8. The van der Waals surface area contributed by atoms with Crippen LogP contribution in [0, 0.1) is 0 Å². The van der Waals surface area contributed by atoms with Gasteiger partial charge in [-0.2, -0.15) is 0 Å². The molecule has 5 nitrogen and oxygen atoms in total. The summed E-state index contributed by atoms with van der Waals surface area (Å²) in [4.78, 5) is 13.7. The first-order valence-electron chi connectivity index (χ1n) is 9.35. The van der Waals surface area contributed by atoms with E-state index in [1.54, 1.807) is 24.9 Å². The largest absolute Gasteiger partial charge is 0.483 e. The highest BCUT2D eigenvalue weighted by atomic mass is 32.2. The molecule has 0 atom stereocenters. The molecule has 0 aliphatic carbocycles. The maximum Gasteiger partial charge on any atom is 0.426 e. The molecule has 0 bridgehead atoms. The van der Waals surface area contributed by atoms with E-state index in [-0.39, 0.29) is 5.60 Å². The molecule has 1 heterocycles. The van der Waals surface area contributed by atoms with Crippen LogP contribution in [0.4, 0.5) is 4.79 Å². The molecule has 0 aromatic heterocycles. The van der Waals surface area contributed by atoms with Crippen molar-refractivity contribution in [3.8, 4) is 11.5 Å². The Balaban J connectivity index is 1.60. The molecule has 1 aliphatic rings. The number of nitrogens with zero attached hydrogens (tertiary/aromatic N) is 1. The van der Waals surface area contributed by atoms with Crippen LogP contribution in [0.25, 0.3) is 0 Å². The first kappa shape index (κ1) is 21.5. The third-order valence-corrected chi connectivity index (χ3v) is 6.27. The van der Waals surface area contributed by atoms with Crippen molar-refractivity contribution in [1.82, 2.24) is 9.03 Å². The summed E-state index contributed by atoms with van der Waals surface area (Å²) in [6.45, 7) is 8.11. The lowest BCUT2D eigenvalue weighted by atomic mass is 10.0. The van der Waals surface area contributed by atoms with Crippen LogP contribution in [0.15, 0.2) is 64.0 Å². The second kappa shape index (κ2) is 9.05. The number of thioether (sulfide) groups is 1. The Kier molecular flexibility index (Phi) is 6.70. The fourth-order valence-corrected chi connectivity index (χ4v) is 4.35. The zero-order chi connectivity index (χ0) is 21.0. The number of para-hydroxylation sites is 1. The van der Waals surface area contributed by atoms with Crippen molar-refractivity contribution in [3.63, 3.8) is 0 Å². The standard InChI is InChI=1S/C22H26N2O3S2/c1-15(2)20(28-17-11-7-6-8-12-17)23-29-24(5)21(25)26-18-13-9-10-16-14-22(3,4)27-19(16)18/h6-13,23H,14H2,1-5H3. The van der Waals surface area contributed by atoms with Crippen molar-refractivity contribution in [3.05, 3.63) is 64.7 Å². The lowest BCUT2D eigenvalue weighted by Gasteiger charge is -2.20. The van der Waals surface area contributed by atoms with E-state index in [4.69, 9.17) is 9.47 Å². The number of rotatable bonds is 6. The number of hydrogen-bond donors (Lipinski definition) is 1. The van der Waals surface area contributed by atoms with Crippen molar-refractivity contribution >= 4 is 30.0 Å². The fourth-order valence-electron chi connectivity index (χ4n) is 2.80. The monoisotopic (exact) mass is 430 g/mol. The molecule has 2 aromatic carbocycles. The van der Waals surface area contributed by atoms with Crippen molar-refractivity contribution < 1.29 is 14.3 Å². The van der Waals surface area contributed by atoms with Crippen LogP contribution in [-0.2, 0) is 6.42 Å². The van der Waals surface area contributed by atoms with Crippen LogP contribution >= 0.6 is 23.9 Å². The van der Waals surface area contributed by atoms with Gasteiger partial charge in [-0.25, -0.2) is 9.10 Å². The molecule has 154 valence electrons. The number of amides is 1. The number of fused-ring (bicyclic) bond motifs is 1. The predicted molar refractivity (Wildman–Crippen MR) is 120 cm³/mol. The maximum absolute atomic E-state index is 12.6. The van der Waals surface area contributed by atoms with E-state index < -0.39 is 6.09 Å². The molecule has 0 fully saturated rings. The minimum atomic E-state index is -0.470. The fraction of sp³-hybridized carbons (Fsp3) is 0.318. The van der Waals surface area contributed by atoms with Gasteiger partial charge >= 0.3 is 6.09 Å². The number of nitrogens with one attached hydrogen (secondary N) is 1. The minimum absolute atomic E-state index is 0.292. The first-order valence-corrected chi connectivity index (χ1v) is 10.9. The zero-order valence-corrected chi connectivity index (χ0v) is 18.9. The Hall–Kier alpha value is -2.25. The molecule has 1 amide bonds. The Morgan fingerprint density at radius 2 is 1.86 bits per heavy atom. The number of carbonyl (C=O) groups is 1. The Bertz CT molecular complexity index is 910. The highest BCUT2D eigenvalue weighted by Gasteiger charge is 2.33. The molecule has 0 saturated heterocycles. The van der Waals surface area contributed by atoms with Crippen LogP contribution in [-0.4, -0.2) is 23.0 Å². The summed E-state index contributed by atoms with van der Waals surface area (Å²) in [5.74, 6) is 1.11. The van der Waals surface area contributed by atoms with E-state index in [1.165, 1.54) is 16.4 Å². The summed E-state index contributed by atoms with van der Waals surface area (Å²) in [6.07, 6.45) is 0.322. The average Bonchev–Trinajstić information content (AvgIpc) is 3.00. The highest BCUT2D eigenvalue weighted by Crippen LogP contribution is 2.42. The van der Waals surface area contributed by atoms with Gasteiger partial charge in [-0.05, 0) is 51.5 Å². The summed E-state index contributed by atoms with van der Waals surface area (Å²) in [6, 6.07) is 15.7. The number of carbonyl (C=O) groups excluding carboxylic acids is 1. The van der Waals surface area contributed by atoms with E-state index in [2.05, 4.69) is 16.9 Å². The molecule has 2 aromatic rings. The molecule has 0 unspecified atom stereocenters. The molecule has 1 N–H and O–H groups in total. The van der Waals surface area contributed by atoms with Crippen molar-refractivity contribution in [2.75, 3.05) is 7.05 Å². The van der Waals surface area contributed by atoms with Gasteiger partial charge < -0.3 is 14.2 Å². The van der Waals surface area contributed by atoms with E-state index in [1.807, 2.05) is 58.0 Å². The number of benzene rings is 2. The molecule has 7 heteroatoms. The second-order valence-corrected chi connectivity index (χ2v) is 9.60. The van der Waals surface area contributed by atoms with Gasteiger partial charge in [0.05, 0.1) is 17.2 Å². The van der Waals surface area contributed by atoms with Gasteiger partial charge in [0.2, 0.25) is 0 Å². The van der Waals surface area contributed by atoms with Gasteiger partial charge in [-0.1, -0.05) is 42.1 Å². The molecule has 29 heavy (non-hydrogen) atoms.